The highest BCUT2D eigenvalue weighted by atomic mass is 16.7. The first-order valence-electron chi connectivity index (χ1n) is 11.5. The minimum atomic E-state index is -1.11. The molecule has 13 heteroatoms. The number of anilines is 1. The number of hydrogen-bond donors (Lipinski definition) is 2. The van der Waals surface area contributed by atoms with Crippen LogP contribution in [0.4, 0.5) is 21.0 Å². The van der Waals surface area contributed by atoms with Gasteiger partial charge in [-0.2, -0.15) is 0 Å². The lowest BCUT2D eigenvalue weighted by molar-refractivity contribution is -0.384. The highest BCUT2D eigenvalue weighted by Crippen LogP contribution is 2.18. The number of benzene rings is 2. The van der Waals surface area contributed by atoms with Crippen LogP contribution in [0.5, 0.6) is 5.75 Å². The van der Waals surface area contributed by atoms with E-state index in [2.05, 4.69) is 23.8 Å². The zero-order valence-electron chi connectivity index (χ0n) is 20.8. The first-order valence-corrected chi connectivity index (χ1v) is 11.5. The summed E-state index contributed by atoms with van der Waals surface area (Å²) < 4.78 is 19.7. The lowest BCUT2D eigenvalue weighted by Crippen LogP contribution is -2.42. The van der Waals surface area contributed by atoms with Crippen LogP contribution in [0.3, 0.4) is 0 Å². The van der Waals surface area contributed by atoms with Gasteiger partial charge in [-0.05, 0) is 36.2 Å². The molecular weight excluding hydrogens is 514 g/mol. The van der Waals surface area contributed by atoms with Gasteiger partial charge in [-0.3, -0.25) is 14.9 Å². The van der Waals surface area contributed by atoms with Crippen LogP contribution in [0, 0.1) is 10.1 Å². The topological polar surface area (TPSA) is 172 Å². The van der Waals surface area contributed by atoms with Crippen LogP contribution < -0.4 is 15.4 Å². The summed E-state index contributed by atoms with van der Waals surface area (Å²) in [5, 5.41) is 15.7. The van der Waals surface area contributed by atoms with Crippen LogP contribution in [-0.4, -0.2) is 48.3 Å². The SMILES string of the molecule is C=CCOC(=O)NC(CCC(=O)Nc1ccc(COC(=O)Oc2ccc([N+](=O)[O-])cc2)cc1)C(=O)OCC=C. The normalized spacial score (nSPS) is 10.8. The number of non-ortho nitro benzene ring substituents is 1. The van der Waals surface area contributed by atoms with Crippen molar-refractivity contribution in [2.75, 3.05) is 18.5 Å². The molecule has 0 aliphatic heterocycles. The summed E-state index contributed by atoms with van der Waals surface area (Å²) in [5.41, 5.74) is 0.900. The fourth-order valence-electron chi connectivity index (χ4n) is 2.90. The van der Waals surface area contributed by atoms with Crippen molar-refractivity contribution >= 4 is 35.5 Å². The van der Waals surface area contributed by atoms with Crippen LogP contribution in [0.15, 0.2) is 73.8 Å². The Kier molecular flexibility index (Phi) is 12.2. The van der Waals surface area contributed by atoms with E-state index in [-0.39, 0.29) is 44.1 Å². The number of amides is 2. The highest BCUT2D eigenvalue weighted by Gasteiger charge is 2.24. The van der Waals surface area contributed by atoms with Crippen LogP contribution in [0.2, 0.25) is 0 Å². The smallest absolute Gasteiger partial charge is 0.460 e. The molecule has 0 bridgehead atoms. The maximum Gasteiger partial charge on any atom is 0.514 e. The molecule has 0 fully saturated rings. The molecule has 0 aromatic heterocycles. The largest absolute Gasteiger partial charge is 0.514 e. The van der Waals surface area contributed by atoms with Crippen LogP contribution >= 0.6 is 0 Å². The maximum atomic E-state index is 12.4. The standard InChI is InChI=1S/C26H27N3O10/c1-3-15-36-24(31)22(28-25(32)37-16-4-2)13-14-23(30)27-19-7-5-18(6-8-19)17-38-26(33)39-21-11-9-20(10-12-21)29(34)35/h3-12,22H,1-2,13-17H2,(H,27,30)(H,28,32). The number of hydrogen-bond acceptors (Lipinski definition) is 10. The Hall–Kier alpha value is -5.20. The molecule has 2 aromatic carbocycles. The minimum Gasteiger partial charge on any atom is -0.460 e. The van der Waals surface area contributed by atoms with Crippen molar-refractivity contribution in [3.8, 4) is 5.75 Å². The second-order valence-electron chi connectivity index (χ2n) is 7.68. The van der Waals surface area contributed by atoms with E-state index in [1.54, 1.807) is 24.3 Å². The predicted octanol–water partition coefficient (Wildman–Crippen LogP) is 4.04. The summed E-state index contributed by atoms with van der Waals surface area (Å²) in [5.74, 6) is -1.08. The molecule has 206 valence electrons. The average molecular weight is 542 g/mol. The molecule has 0 spiro atoms. The molecule has 0 aliphatic carbocycles. The molecule has 0 saturated heterocycles. The van der Waals surface area contributed by atoms with Crippen molar-refractivity contribution in [1.82, 2.24) is 5.32 Å². The van der Waals surface area contributed by atoms with Crippen molar-refractivity contribution in [3.63, 3.8) is 0 Å². The Labute approximate surface area is 223 Å². The van der Waals surface area contributed by atoms with E-state index in [1.807, 2.05) is 0 Å². The molecule has 39 heavy (non-hydrogen) atoms. The Morgan fingerprint density at radius 1 is 0.923 bits per heavy atom. The Balaban J connectivity index is 1.82. The number of nitrogens with zero attached hydrogens (tertiary/aromatic N) is 1. The van der Waals surface area contributed by atoms with Gasteiger partial charge in [0.15, 0.2) is 0 Å². The summed E-state index contributed by atoms with van der Waals surface area (Å²) >= 11 is 0. The van der Waals surface area contributed by atoms with Gasteiger partial charge in [-0.1, -0.05) is 37.4 Å². The predicted molar refractivity (Wildman–Crippen MR) is 138 cm³/mol. The molecule has 2 amide bonds. The lowest BCUT2D eigenvalue weighted by Gasteiger charge is -2.17. The second kappa shape index (κ2) is 15.8. The summed E-state index contributed by atoms with van der Waals surface area (Å²) in [7, 11) is 0. The van der Waals surface area contributed by atoms with Gasteiger partial charge in [0.1, 0.15) is 31.6 Å². The number of ether oxygens (including phenoxy) is 4. The fourth-order valence-corrected chi connectivity index (χ4v) is 2.90. The zero-order chi connectivity index (χ0) is 28.6. The van der Waals surface area contributed by atoms with E-state index in [1.165, 1.54) is 36.4 Å². The lowest BCUT2D eigenvalue weighted by atomic mass is 10.1. The van der Waals surface area contributed by atoms with Gasteiger partial charge < -0.3 is 29.6 Å². The van der Waals surface area contributed by atoms with Crippen molar-refractivity contribution in [3.05, 3.63) is 89.5 Å². The summed E-state index contributed by atoms with van der Waals surface area (Å²) in [6.07, 6.45) is 0.717. The number of esters is 1. The Morgan fingerprint density at radius 3 is 2.18 bits per heavy atom. The summed E-state index contributed by atoms with van der Waals surface area (Å²) in [6, 6.07) is 10.2. The molecular formula is C26H27N3O10. The third-order valence-corrected chi connectivity index (χ3v) is 4.76. The monoisotopic (exact) mass is 541 g/mol. The Morgan fingerprint density at radius 2 is 1.56 bits per heavy atom. The number of carbonyl (C=O) groups is 4. The van der Waals surface area contributed by atoms with Gasteiger partial charge >= 0.3 is 18.2 Å². The van der Waals surface area contributed by atoms with E-state index in [0.29, 0.717) is 11.3 Å². The molecule has 1 atom stereocenters. The molecule has 13 nitrogen and oxygen atoms in total. The Bertz CT molecular complexity index is 1180. The van der Waals surface area contributed by atoms with Crippen molar-refractivity contribution < 1.29 is 43.0 Å². The quantitative estimate of drug-likeness (QED) is 0.0887. The van der Waals surface area contributed by atoms with Gasteiger partial charge in [-0.15, -0.1) is 0 Å². The fraction of sp³-hybridized carbons (Fsp3) is 0.231. The minimum absolute atomic E-state index is 0.0478. The highest BCUT2D eigenvalue weighted by molar-refractivity contribution is 5.91. The third kappa shape index (κ3) is 11.2. The van der Waals surface area contributed by atoms with Crippen LogP contribution in [0.25, 0.3) is 0 Å². The number of nitro groups is 1. The first-order chi connectivity index (χ1) is 18.7. The number of carbonyl (C=O) groups excluding carboxylic acids is 4. The molecule has 0 saturated carbocycles. The number of alkyl carbamates (subject to hydrolysis) is 1. The third-order valence-electron chi connectivity index (χ3n) is 4.76. The summed E-state index contributed by atoms with van der Waals surface area (Å²) in [4.78, 5) is 58.3. The molecule has 2 rings (SSSR count). The van der Waals surface area contributed by atoms with Crippen LogP contribution in [0.1, 0.15) is 18.4 Å². The molecule has 0 aliphatic rings. The van der Waals surface area contributed by atoms with E-state index in [4.69, 9.17) is 18.9 Å². The maximum absolute atomic E-state index is 12.4. The van der Waals surface area contributed by atoms with Crippen LogP contribution in [-0.2, 0) is 30.4 Å². The van der Waals surface area contributed by atoms with Gasteiger partial charge in [0.2, 0.25) is 5.91 Å². The van der Waals surface area contributed by atoms with Crippen molar-refractivity contribution in [2.45, 2.75) is 25.5 Å². The van der Waals surface area contributed by atoms with Gasteiger partial charge in [0, 0.05) is 24.2 Å². The number of rotatable bonds is 14. The van der Waals surface area contributed by atoms with Gasteiger partial charge in [0.05, 0.1) is 4.92 Å². The number of nitrogens with one attached hydrogen (secondary N) is 2. The van der Waals surface area contributed by atoms with E-state index < -0.39 is 35.1 Å². The van der Waals surface area contributed by atoms with E-state index >= 15 is 0 Å². The zero-order valence-corrected chi connectivity index (χ0v) is 20.8. The average Bonchev–Trinajstić information content (AvgIpc) is 2.92. The van der Waals surface area contributed by atoms with Gasteiger partial charge in [0.25, 0.3) is 5.69 Å². The molecule has 1 unspecified atom stereocenters. The summed E-state index contributed by atoms with van der Waals surface area (Å²) in [6.45, 7) is 6.64. The van der Waals surface area contributed by atoms with Gasteiger partial charge in [-0.25, -0.2) is 14.4 Å². The second-order valence-corrected chi connectivity index (χ2v) is 7.68. The first kappa shape index (κ1) is 30.0. The number of nitro benzene ring substituents is 1. The molecule has 0 heterocycles. The van der Waals surface area contributed by atoms with Crippen molar-refractivity contribution in [1.29, 1.82) is 0 Å². The molecule has 2 aromatic rings. The molecule has 2 N–H and O–H groups in total. The van der Waals surface area contributed by atoms with E-state index in [9.17, 15) is 29.3 Å². The van der Waals surface area contributed by atoms with E-state index in [0.717, 1.165) is 0 Å². The van der Waals surface area contributed by atoms with Crippen molar-refractivity contribution in [2.24, 2.45) is 0 Å². The molecule has 0 radical (unpaired) electrons.